The van der Waals surface area contributed by atoms with Gasteiger partial charge in [0.25, 0.3) is 11.5 Å². The van der Waals surface area contributed by atoms with Gasteiger partial charge in [-0.2, -0.15) is 5.10 Å². The summed E-state index contributed by atoms with van der Waals surface area (Å²) in [4.78, 5) is 32.5. The summed E-state index contributed by atoms with van der Waals surface area (Å²) in [5.74, 6) is 1.50. The van der Waals surface area contributed by atoms with Crippen LogP contribution in [0.1, 0.15) is 56.2 Å². The first-order chi connectivity index (χ1) is 16.4. The summed E-state index contributed by atoms with van der Waals surface area (Å²) in [7, 11) is 0. The highest BCUT2D eigenvalue weighted by Crippen LogP contribution is 2.35. The first-order valence-corrected chi connectivity index (χ1v) is 12.5. The largest absolute Gasteiger partial charge is 0.490 e. The number of benzene rings is 1. The number of ether oxygens (including phenoxy) is 2. The fourth-order valence-corrected chi connectivity index (χ4v) is 5.50. The summed E-state index contributed by atoms with van der Waals surface area (Å²) in [6.45, 7) is 8.76. The zero-order valence-electron chi connectivity index (χ0n) is 20.0. The van der Waals surface area contributed by atoms with Gasteiger partial charge in [-0.3, -0.25) is 14.2 Å². The second-order valence-corrected chi connectivity index (χ2v) is 9.55. The van der Waals surface area contributed by atoms with Gasteiger partial charge < -0.3 is 9.47 Å². The maximum atomic E-state index is 13.3. The van der Waals surface area contributed by atoms with Crippen LogP contribution < -0.4 is 20.5 Å². The Hall–Kier alpha value is -3.20. The van der Waals surface area contributed by atoms with Crippen LogP contribution in [0.25, 0.3) is 10.2 Å². The summed E-state index contributed by atoms with van der Waals surface area (Å²) < 4.78 is 12.6. The van der Waals surface area contributed by atoms with E-state index in [1.165, 1.54) is 22.0 Å². The van der Waals surface area contributed by atoms with Gasteiger partial charge in [0.1, 0.15) is 10.9 Å². The molecule has 0 saturated heterocycles. The van der Waals surface area contributed by atoms with Crippen molar-refractivity contribution in [2.45, 2.75) is 53.0 Å². The van der Waals surface area contributed by atoms with Gasteiger partial charge in [0.05, 0.1) is 31.1 Å². The van der Waals surface area contributed by atoms with Crippen molar-refractivity contribution in [1.82, 2.24) is 15.0 Å². The van der Waals surface area contributed by atoms with Gasteiger partial charge in [-0.25, -0.2) is 10.4 Å². The topological polar surface area (TPSA) is 94.8 Å². The molecule has 3 aromatic rings. The number of hydrazone groups is 1. The number of aromatic nitrogens is 2. The van der Waals surface area contributed by atoms with Crippen LogP contribution in [-0.4, -0.2) is 34.9 Å². The minimum atomic E-state index is -0.751. The van der Waals surface area contributed by atoms with Crippen molar-refractivity contribution in [2.75, 3.05) is 13.2 Å². The lowest BCUT2D eigenvalue weighted by molar-refractivity contribution is -0.123. The number of nitrogens with zero attached hydrogens (tertiary/aromatic N) is 3. The smallest absolute Gasteiger partial charge is 0.263 e. The molecule has 1 N–H and O–H groups in total. The molecule has 4 rings (SSSR count). The first kappa shape index (κ1) is 23.9. The van der Waals surface area contributed by atoms with Gasteiger partial charge in [-0.1, -0.05) is 6.92 Å². The van der Waals surface area contributed by atoms with Crippen molar-refractivity contribution in [3.05, 3.63) is 50.9 Å². The lowest BCUT2D eigenvalue weighted by Gasteiger charge is -2.18. The molecule has 1 amide bonds. The lowest BCUT2D eigenvalue weighted by atomic mass is 9.89. The van der Waals surface area contributed by atoms with Gasteiger partial charge in [-0.15, -0.1) is 11.3 Å². The lowest BCUT2D eigenvalue weighted by Crippen LogP contribution is -2.34. The quantitative estimate of drug-likeness (QED) is 0.385. The SMILES string of the molecule is CCOc1ccc(/C=N\NC(=O)[C@H](C)n2cnc3sc4c(c3c2=O)CC[C@@H](C)C4)cc1OCC. The molecule has 1 aliphatic carbocycles. The van der Waals surface area contributed by atoms with Crippen molar-refractivity contribution in [2.24, 2.45) is 11.0 Å². The molecule has 0 spiro atoms. The van der Waals surface area contributed by atoms with Crippen molar-refractivity contribution in [3.63, 3.8) is 0 Å². The summed E-state index contributed by atoms with van der Waals surface area (Å²) in [6.07, 6.45) is 5.92. The molecule has 0 unspecified atom stereocenters. The molecule has 0 aliphatic heterocycles. The van der Waals surface area contributed by atoms with E-state index in [-0.39, 0.29) is 5.56 Å². The molecule has 0 bridgehead atoms. The zero-order valence-corrected chi connectivity index (χ0v) is 20.8. The highest BCUT2D eigenvalue weighted by Gasteiger charge is 2.25. The van der Waals surface area contributed by atoms with Crippen LogP contribution in [0.15, 0.2) is 34.4 Å². The maximum Gasteiger partial charge on any atom is 0.263 e. The molecule has 34 heavy (non-hydrogen) atoms. The standard InChI is InChI=1S/C25H30N4O4S/c1-5-32-19-10-8-17(12-20(19)33-6-2)13-27-28-23(30)16(4)29-14-26-24-22(25(29)31)18-9-7-15(3)11-21(18)34-24/h8,10,12-16H,5-7,9,11H2,1-4H3,(H,28,30)/b27-13-/t15-,16+/m1/s1. The van der Waals surface area contributed by atoms with Crippen LogP contribution in [-0.2, 0) is 17.6 Å². The minimum Gasteiger partial charge on any atom is -0.490 e. The Morgan fingerprint density at radius 3 is 2.85 bits per heavy atom. The van der Waals surface area contributed by atoms with E-state index in [4.69, 9.17) is 9.47 Å². The molecule has 8 nitrogen and oxygen atoms in total. The van der Waals surface area contributed by atoms with Gasteiger partial charge in [-0.05, 0) is 75.3 Å². The Morgan fingerprint density at radius 1 is 1.32 bits per heavy atom. The average molecular weight is 483 g/mol. The molecule has 2 aromatic heterocycles. The van der Waals surface area contributed by atoms with Crippen molar-refractivity contribution in [1.29, 1.82) is 0 Å². The van der Waals surface area contributed by atoms with E-state index >= 15 is 0 Å². The van der Waals surface area contributed by atoms with Crippen LogP contribution >= 0.6 is 11.3 Å². The van der Waals surface area contributed by atoms with Crippen molar-refractivity contribution >= 4 is 33.7 Å². The monoisotopic (exact) mass is 482 g/mol. The molecule has 180 valence electrons. The Balaban J connectivity index is 1.50. The van der Waals surface area contributed by atoms with Crippen LogP contribution in [0.5, 0.6) is 11.5 Å². The highest BCUT2D eigenvalue weighted by molar-refractivity contribution is 7.18. The molecule has 1 aromatic carbocycles. The van der Waals surface area contributed by atoms with E-state index in [1.54, 1.807) is 24.3 Å². The predicted molar refractivity (Wildman–Crippen MR) is 134 cm³/mol. The molecule has 1 aliphatic rings. The molecule has 2 atom stereocenters. The van der Waals surface area contributed by atoms with E-state index in [1.807, 2.05) is 26.0 Å². The van der Waals surface area contributed by atoms with E-state index in [2.05, 4.69) is 22.4 Å². The fourth-order valence-electron chi connectivity index (χ4n) is 4.16. The number of thiophene rings is 1. The van der Waals surface area contributed by atoms with Crippen LogP contribution in [0.3, 0.4) is 0 Å². The molecule has 0 radical (unpaired) electrons. The number of rotatable bonds is 8. The van der Waals surface area contributed by atoms with Gasteiger partial charge in [0.2, 0.25) is 0 Å². The number of hydrogen-bond acceptors (Lipinski definition) is 7. The Bertz CT molecular complexity index is 1280. The molecular formula is C25H30N4O4S. The van der Waals surface area contributed by atoms with E-state index in [9.17, 15) is 9.59 Å². The van der Waals surface area contributed by atoms with Crippen LogP contribution in [0, 0.1) is 5.92 Å². The fraction of sp³-hybridized carbons (Fsp3) is 0.440. The number of carbonyl (C=O) groups is 1. The number of hydrogen-bond donors (Lipinski definition) is 1. The Labute approximate surface area is 202 Å². The molecule has 0 fully saturated rings. The number of amides is 1. The molecule has 0 saturated carbocycles. The number of fused-ring (bicyclic) bond motifs is 3. The normalized spacial score (nSPS) is 16.4. The van der Waals surface area contributed by atoms with Gasteiger partial charge in [0, 0.05) is 4.88 Å². The Morgan fingerprint density at radius 2 is 2.09 bits per heavy atom. The number of nitrogens with one attached hydrogen (secondary N) is 1. The predicted octanol–water partition coefficient (Wildman–Crippen LogP) is 4.09. The number of aryl methyl sites for hydroxylation is 1. The van der Waals surface area contributed by atoms with Gasteiger partial charge in [0.15, 0.2) is 11.5 Å². The van der Waals surface area contributed by atoms with Crippen LogP contribution in [0.4, 0.5) is 0 Å². The van der Waals surface area contributed by atoms with Crippen molar-refractivity contribution < 1.29 is 14.3 Å². The zero-order chi connectivity index (χ0) is 24.2. The second-order valence-electron chi connectivity index (χ2n) is 8.47. The Kier molecular flexibility index (Phi) is 7.31. The third-order valence-electron chi connectivity index (χ3n) is 5.99. The summed E-state index contributed by atoms with van der Waals surface area (Å²) in [6, 6.07) is 4.69. The maximum absolute atomic E-state index is 13.3. The summed E-state index contributed by atoms with van der Waals surface area (Å²) >= 11 is 1.60. The number of carbonyl (C=O) groups excluding carboxylic acids is 1. The van der Waals surface area contributed by atoms with E-state index < -0.39 is 11.9 Å². The molecule has 2 heterocycles. The average Bonchev–Trinajstić information content (AvgIpc) is 3.19. The summed E-state index contributed by atoms with van der Waals surface area (Å²) in [5, 5.41) is 4.73. The first-order valence-electron chi connectivity index (χ1n) is 11.7. The highest BCUT2D eigenvalue weighted by atomic mass is 32.1. The van der Waals surface area contributed by atoms with Gasteiger partial charge >= 0.3 is 0 Å². The van der Waals surface area contributed by atoms with E-state index in [0.29, 0.717) is 36.0 Å². The summed E-state index contributed by atoms with van der Waals surface area (Å²) in [5.41, 5.74) is 4.22. The minimum absolute atomic E-state index is 0.170. The second kappa shape index (κ2) is 10.4. The molecular weight excluding hydrogens is 452 g/mol. The third kappa shape index (κ3) is 4.84. The molecule has 9 heteroatoms. The third-order valence-corrected chi connectivity index (χ3v) is 7.16. The van der Waals surface area contributed by atoms with Crippen molar-refractivity contribution in [3.8, 4) is 11.5 Å². The van der Waals surface area contributed by atoms with Crippen LogP contribution in [0.2, 0.25) is 0 Å². The van der Waals surface area contributed by atoms with E-state index in [0.717, 1.165) is 35.2 Å².